The molecule has 20 heavy (non-hydrogen) atoms. The van der Waals surface area contributed by atoms with Gasteiger partial charge in [0.05, 0.1) is 5.66 Å². The standard InChI is InChI=1S/C16H28FN3/c1-2-16-13(4-3-10-19-16)5-6-14(20-16)7-8-15(17)9-11-18-12-15/h6,13,18-20H,2-5,7-12H2,1H3. The third kappa shape index (κ3) is 2.73. The molecule has 3 rings (SSSR count). The molecule has 0 amide bonds. The summed E-state index contributed by atoms with van der Waals surface area (Å²) >= 11 is 0. The van der Waals surface area contributed by atoms with E-state index in [2.05, 4.69) is 29.0 Å². The molecule has 3 aliphatic heterocycles. The highest BCUT2D eigenvalue weighted by molar-refractivity contribution is 5.14. The van der Waals surface area contributed by atoms with Crippen LogP contribution >= 0.6 is 0 Å². The number of halogens is 1. The van der Waals surface area contributed by atoms with Gasteiger partial charge in [-0.15, -0.1) is 0 Å². The number of alkyl halides is 1. The molecule has 0 saturated carbocycles. The number of fused-ring (bicyclic) bond motifs is 1. The van der Waals surface area contributed by atoms with Crippen molar-refractivity contribution in [2.45, 2.75) is 63.2 Å². The van der Waals surface area contributed by atoms with E-state index in [1.54, 1.807) is 0 Å². The Morgan fingerprint density at radius 3 is 3.05 bits per heavy atom. The van der Waals surface area contributed by atoms with Gasteiger partial charge in [-0.2, -0.15) is 0 Å². The highest BCUT2D eigenvalue weighted by atomic mass is 19.1. The summed E-state index contributed by atoms with van der Waals surface area (Å²) in [7, 11) is 0. The highest BCUT2D eigenvalue weighted by Gasteiger charge is 2.41. The Labute approximate surface area is 121 Å². The van der Waals surface area contributed by atoms with Gasteiger partial charge in [-0.05, 0) is 64.0 Å². The van der Waals surface area contributed by atoms with Crippen LogP contribution in [0.5, 0.6) is 0 Å². The first-order chi connectivity index (χ1) is 9.66. The first-order valence-corrected chi connectivity index (χ1v) is 8.28. The molecule has 0 aromatic carbocycles. The highest BCUT2D eigenvalue weighted by Crippen LogP contribution is 2.36. The Balaban J connectivity index is 1.61. The predicted octanol–water partition coefficient (Wildman–Crippen LogP) is 2.45. The van der Waals surface area contributed by atoms with Crippen LogP contribution < -0.4 is 16.0 Å². The summed E-state index contributed by atoms with van der Waals surface area (Å²) in [6.45, 7) is 4.70. The maximum atomic E-state index is 14.4. The molecule has 2 fully saturated rings. The zero-order valence-electron chi connectivity index (χ0n) is 12.6. The van der Waals surface area contributed by atoms with E-state index in [1.165, 1.54) is 18.5 Å². The molecule has 3 N–H and O–H groups in total. The molecule has 0 aliphatic carbocycles. The van der Waals surface area contributed by atoms with Crippen LogP contribution in [0.3, 0.4) is 0 Å². The predicted molar refractivity (Wildman–Crippen MR) is 80.1 cm³/mol. The van der Waals surface area contributed by atoms with E-state index >= 15 is 0 Å². The Hall–Kier alpha value is -0.610. The zero-order chi connectivity index (χ0) is 14.1. The fraction of sp³-hybridized carbons (Fsp3) is 0.875. The molecule has 3 nitrogen and oxygen atoms in total. The van der Waals surface area contributed by atoms with Crippen molar-refractivity contribution in [1.29, 1.82) is 0 Å². The smallest absolute Gasteiger partial charge is 0.125 e. The Bertz CT molecular complexity index is 376. The molecule has 4 heteroatoms. The molecular weight excluding hydrogens is 253 g/mol. The fourth-order valence-electron chi connectivity index (χ4n) is 4.09. The number of piperidine rings is 1. The Morgan fingerprint density at radius 2 is 2.30 bits per heavy atom. The second-order valence-electron chi connectivity index (χ2n) is 6.76. The van der Waals surface area contributed by atoms with Crippen LogP contribution in [0.15, 0.2) is 11.8 Å². The Morgan fingerprint density at radius 1 is 1.40 bits per heavy atom. The quantitative estimate of drug-likeness (QED) is 0.741. The van der Waals surface area contributed by atoms with Crippen molar-refractivity contribution < 1.29 is 4.39 Å². The van der Waals surface area contributed by atoms with Gasteiger partial charge < -0.3 is 10.6 Å². The van der Waals surface area contributed by atoms with Crippen LogP contribution in [0.2, 0.25) is 0 Å². The largest absolute Gasteiger partial charge is 0.371 e. The minimum absolute atomic E-state index is 0.0692. The molecular formula is C16H28FN3. The van der Waals surface area contributed by atoms with Gasteiger partial charge in [0.15, 0.2) is 0 Å². The second kappa shape index (κ2) is 5.64. The first-order valence-electron chi connectivity index (χ1n) is 8.28. The zero-order valence-corrected chi connectivity index (χ0v) is 12.6. The first kappa shape index (κ1) is 14.3. The van der Waals surface area contributed by atoms with Crippen molar-refractivity contribution in [1.82, 2.24) is 16.0 Å². The van der Waals surface area contributed by atoms with E-state index in [1.807, 2.05) is 0 Å². The van der Waals surface area contributed by atoms with E-state index in [9.17, 15) is 4.39 Å². The molecule has 0 aromatic rings. The van der Waals surface area contributed by atoms with Gasteiger partial charge in [0, 0.05) is 12.2 Å². The Kier molecular flexibility index (Phi) is 4.04. The van der Waals surface area contributed by atoms with Crippen molar-refractivity contribution in [3.63, 3.8) is 0 Å². The summed E-state index contributed by atoms with van der Waals surface area (Å²) < 4.78 is 14.4. The van der Waals surface area contributed by atoms with Crippen molar-refractivity contribution in [2.24, 2.45) is 5.92 Å². The topological polar surface area (TPSA) is 36.1 Å². The maximum absolute atomic E-state index is 14.4. The average Bonchev–Trinajstić information content (AvgIpc) is 2.92. The SMILES string of the molecule is CCC12NCCCC1CC=C(CCC1(F)CCNC1)N2. The van der Waals surface area contributed by atoms with Crippen molar-refractivity contribution in [2.75, 3.05) is 19.6 Å². The number of hydrogen-bond donors (Lipinski definition) is 3. The van der Waals surface area contributed by atoms with Crippen LogP contribution in [0, 0.1) is 5.92 Å². The van der Waals surface area contributed by atoms with E-state index in [0.29, 0.717) is 25.3 Å². The summed E-state index contributed by atoms with van der Waals surface area (Å²) in [4.78, 5) is 0. The number of hydrogen-bond acceptors (Lipinski definition) is 3. The van der Waals surface area contributed by atoms with Crippen molar-refractivity contribution >= 4 is 0 Å². The molecule has 0 radical (unpaired) electrons. The van der Waals surface area contributed by atoms with Gasteiger partial charge in [-0.1, -0.05) is 13.0 Å². The monoisotopic (exact) mass is 281 g/mol. The van der Waals surface area contributed by atoms with Gasteiger partial charge in [-0.25, -0.2) is 4.39 Å². The third-order valence-corrected chi connectivity index (χ3v) is 5.49. The molecule has 2 saturated heterocycles. The fourth-order valence-corrected chi connectivity index (χ4v) is 4.09. The normalized spacial score (nSPS) is 40.9. The van der Waals surface area contributed by atoms with Crippen LogP contribution in [0.25, 0.3) is 0 Å². The summed E-state index contributed by atoms with van der Waals surface area (Å²) in [5, 5.41) is 10.6. The second-order valence-corrected chi connectivity index (χ2v) is 6.76. The lowest BCUT2D eigenvalue weighted by atomic mass is 9.77. The molecule has 3 aliphatic rings. The van der Waals surface area contributed by atoms with Crippen LogP contribution in [-0.2, 0) is 0 Å². The average molecular weight is 281 g/mol. The lowest BCUT2D eigenvalue weighted by Crippen LogP contribution is -2.64. The van der Waals surface area contributed by atoms with Crippen molar-refractivity contribution in [3.05, 3.63) is 11.8 Å². The number of allylic oxidation sites excluding steroid dienone is 2. The van der Waals surface area contributed by atoms with E-state index in [4.69, 9.17) is 0 Å². The molecule has 114 valence electrons. The van der Waals surface area contributed by atoms with Gasteiger partial charge in [0.1, 0.15) is 5.67 Å². The van der Waals surface area contributed by atoms with Gasteiger partial charge >= 0.3 is 0 Å². The molecule has 3 atom stereocenters. The minimum atomic E-state index is -0.987. The number of nitrogens with one attached hydrogen (secondary N) is 3. The summed E-state index contributed by atoms with van der Waals surface area (Å²) in [5.41, 5.74) is 0.333. The molecule has 0 bridgehead atoms. The van der Waals surface area contributed by atoms with Crippen molar-refractivity contribution in [3.8, 4) is 0 Å². The van der Waals surface area contributed by atoms with Gasteiger partial charge in [0.25, 0.3) is 0 Å². The van der Waals surface area contributed by atoms with E-state index in [-0.39, 0.29) is 5.66 Å². The molecule has 0 spiro atoms. The summed E-state index contributed by atoms with van der Waals surface area (Å²) in [5.74, 6) is 0.692. The molecule has 3 unspecified atom stereocenters. The van der Waals surface area contributed by atoms with E-state index in [0.717, 1.165) is 32.4 Å². The minimum Gasteiger partial charge on any atom is -0.371 e. The molecule has 3 heterocycles. The van der Waals surface area contributed by atoms with Crippen LogP contribution in [0.1, 0.15) is 51.9 Å². The van der Waals surface area contributed by atoms with E-state index < -0.39 is 5.67 Å². The van der Waals surface area contributed by atoms with Crippen LogP contribution in [-0.4, -0.2) is 31.0 Å². The van der Waals surface area contributed by atoms with Gasteiger partial charge in [0.2, 0.25) is 0 Å². The summed E-state index contributed by atoms with van der Waals surface area (Å²) in [6, 6.07) is 0. The van der Waals surface area contributed by atoms with Crippen LogP contribution in [0.4, 0.5) is 4.39 Å². The lowest BCUT2D eigenvalue weighted by Gasteiger charge is -2.49. The molecule has 0 aromatic heterocycles. The number of rotatable bonds is 4. The lowest BCUT2D eigenvalue weighted by molar-refractivity contribution is 0.108. The maximum Gasteiger partial charge on any atom is 0.125 e. The third-order valence-electron chi connectivity index (χ3n) is 5.49. The summed E-state index contributed by atoms with van der Waals surface area (Å²) in [6.07, 6.45) is 9.28. The van der Waals surface area contributed by atoms with Gasteiger partial charge in [-0.3, -0.25) is 5.32 Å².